The predicted octanol–water partition coefficient (Wildman–Crippen LogP) is 1.91. The Morgan fingerprint density at radius 3 is 2.60 bits per heavy atom. The lowest BCUT2D eigenvalue weighted by Crippen LogP contribution is -1.96. The molecular weight excluding hydrogens is 124 g/mol. The van der Waals surface area contributed by atoms with Gasteiger partial charge in [0.2, 0.25) is 0 Å². The molecule has 0 saturated carbocycles. The van der Waals surface area contributed by atoms with Crippen LogP contribution in [0.1, 0.15) is 24.9 Å². The quantitative estimate of drug-likeness (QED) is 0.610. The van der Waals surface area contributed by atoms with Crippen LogP contribution in [0, 0.1) is 13.8 Å². The molecule has 1 heterocycles. The van der Waals surface area contributed by atoms with Crippen molar-refractivity contribution in [1.29, 1.82) is 0 Å². The first-order chi connectivity index (χ1) is 4.74. The second-order valence-corrected chi connectivity index (χ2v) is 2.62. The van der Waals surface area contributed by atoms with Gasteiger partial charge in [-0.25, -0.2) is 4.98 Å². The maximum Gasteiger partial charge on any atom is 0.105 e. The lowest BCUT2D eigenvalue weighted by Gasteiger charge is -1.99. The van der Waals surface area contributed by atoms with Gasteiger partial charge in [0.05, 0.1) is 5.69 Å². The van der Waals surface area contributed by atoms with Crippen LogP contribution in [0.2, 0.25) is 0 Å². The smallest absolute Gasteiger partial charge is 0.105 e. The minimum absolute atomic E-state index is 1.09. The summed E-state index contributed by atoms with van der Waals surface area (Å²) in [7, 11) is 0. The van der Waals surface area contributed by atoms with Crippen LogP contribution in [0.3, 0.4) is 0 Å². The molecule has 10 heavy (non-hydrogen) atoms. The van der Waals surface area contributed by atoms with E-state index in [4.69, 9.17) is 0 Å². The zero-order valence-electron chi connectivity index (χ0n) is 6.89. The third-order valence-corrected chi connectivity index (χ3v) is 1.56. The van der Waals surface area contributed by atoms with E-state index >= 15 is 0 Å². The molecule has 0 fully saturated rings. The zero-order chi connectivity index (χ0) is 7.56. The lowest BCUT2D eigenvalue weighted by atomic mass is 10.4. The summed E-state index contributed by atoms with van der Waals surface area (Å²) in [6, 6.07) is 0. The van der Waals surface area contributed by atoms with E-state index < -0.39 is 0 Å². The molecule has 1 aromatic heterocycles. The van der Waals surface area contributed by atoms with E-state index in [0.29, 0.717) is 0 Å². The van der Waals surface area contributed by atoms with Gasteiger partial charge in [0.15, 0.2) is 0 Å². The highest BCUT2D eigenvalue weighted by molar-refractivity contribution is 4.99. The molecule has 0 aliphatic heterocycles. The second-order valence-electron chi connectivity index (χ2n) is 2.62. The van der Waals surface area contributed by atoms with Gasteiger partial charge in [-0.1, -0.05) is 6.92 Å². The number of aryl methyl sites for hydroxylation is 3. The molecule has 0 bridgehead atoms. The van der Waals surface area contributed by atoms with Crippen molar-refractivity contribution in [1.82, 2.24) is 9.55 Å². The first-order valence-corrected chi connectivity index (χ1v) is 3.74. The van der Waals surface area contributed by atoms with Gasteiger partial charge >= 0.3 is 0 Å². The first kappa shape index (κ1) is 7.32. The SMILES string of the molecule is CCCn1cc(C)nc1C. The van der Waals surface area contributed by atoms with E-state index in [0.717, 1.165) is 18.1 Å². The van der Waals surface area contributed by atoms with Gasteiger partial charge in [-0.15, -0.1) is 0 Å². The van der Waals surface area contributed by atoms with Crippen LogP contribution in [0.4, 0.5) is 0 Å². The average Bonchev–Trinajstić information content (AvgIpc) is 2.13. The normalized spacial score (nSPS) is 10.3. The van der Waals surface area contributed by atoms with Crippen molar-refractivity contribution in [3.05, 3.63) is 17.7 Å². The van der Waals surface area contributed by atoms with Crippen molar-refractivity contribution in [2.75, 3.05) is 0 Å². The maximum atomic E-state index is 4.29. The summed E-state index contributed by atoms with van der Waals surface area (Å²) in [4.78, 5) is 4.29. The average molecular weight is 138 g/mol. The number of hydrogen-bond donors (Lipinski definition) is 0. The van der Waals surface area contributed by atoms with E-state index in [1.54, 1.807) is 0 Å². The van der Waals surface area contributed by atoms with Crippen molar-refractivity contribution in [2.24, 2.45) is 0 Å². The van der Waals surface area contributed by atoms with Crippen molar-refractivity contribution in [2.45, 2.75) is 33.7 Å². The van der Waals surface area contributed by atoms with E-state index in [-0.39, 0.29) is 0 Å². The van der Waals surface area contributed by atoms with Gasteiger partial charge in [0, 0.05) is 12.7 Å². The number of aromatic nitrogens is 2. The van der Waals surface area contributed by atoms with Gasteiger partial charge in [-0.2, -0.15) is 0 Å². The summed E-state index contributed by atoms with van der Waals surface area (Å²) in [5.41, 5.74) is 1.12. The molecule has 0 aromatic carbocycles. The number of rotatable bonds is 2. The van der Waals surface area contributed by atoms with Gasteiger partial charge in [-0.3, -0.25) is 0 Å². The molecule has 0 amide bonds. The molecule has 2 heteroatoms. The van der Waals surface area contributed by atoms with Crippen molar-refractivity contribution < 1.29 is 0 Å². The third kappa shape index (κ3) is 1.38. The van der Waals surface area contributed by atoms with E-state index in [2.05, 4.69) is 22.7 Å². The molecule has 0 saturated heterocycles. The summed E-state index contributed by atoms with van der Waals surface area (Å²) in [5, 5.41) is 0. The molecule has 0 radical (unpaired) electrons. The molecule has 0 spiro atoms. The Morgan fingerprint density at radius 2 is 2.20 bits per heavy atom. The second kappa shape index (κ2) is 2.86. The Balaban J connectivity index is 2.81. The highest BCUT2D eigenvalue weighted by Gasteiger charge is 1.96. The summed E-state index contributed by atoms with van der Waals surface area (Å²) in [6.07, 6.45) is 3.27. The van der Waals surface area contributed by atoms with Crippen LogP contribution in [0.25, 0.3) is 0 Å². The van der Waals surface area contributed by atoms with Gasteiger partial charge in [-0.05, 0) is 20.3 Å². The predicted molar refractivity (Wildman–Crippen MR) is 42.0 cm³/mol. The molecule has 1 aromatic rings. The number of nitrogens with zero attached hydrogens (tertiary/aromatic N) is 2. The Bertz CT molecular complexity index is 213. The molecule has 0 aliphatic rings. The van der Waals surface area contributed by atoms with Gasteiger partial charge in [0.25, 0.3) is 0 Å². The molecule has 1 rings (SSSR count). The van der Waals surface area contributed by atoms with Crippen LogP contribution in [0.5, 0.6) is 0 Å². The summed E-state index contributed by atoms with van der Waals surface area (Å²) >= 11 is 0. The molecule has 0 aliphatic carbocycles. The van der Waals surface area contributed by atoms with Crippen molar-refractivity contribution >= 4 is 0 Å². The zero-order valence-corrected chi connectivity index (χ0v) is 6.89. The van der Waals surface area contributed by atoms with Crippen LogP contribution >= 0.6 is 0 Å². The van der Waals surface area contributed by atoms with Crippen LogP contribution in [0.15, 0.2) is 6.20 Å². The van der Waals surface area contributed by atoms with Crippen LogP contribution in [-0.4, -0.2) is 9.55 Å². The van der Waals surface area contributed by atoms with E-state index in [1.165, 1.54) is 6.42 Å². The van der Waals surface area contributed by atoms with Crippen LogP contribution < -0.4 is 0 Å². The van der Waals surface area contributed by atoms with Gasteiger partial charge in [0.1, 0.15) is 5.82 Å². The Morgan fingerprint density at radius 1 is 1.50 bits per heavy atom. The summed E-state index contributed by atoms with van der Waals surface area (Å²) in [5.74, 6) is 1.12. The fourth-order valence-corrected chi connectivity index (χ4v) is 1.13. The van der Waals surface area contributed by atoms with E-state index in [1.807, 2.05) is 13.8 Å². The fourth-order valence-electron chi connectivity index (χ4n) is 1.13. The van der Waals surface area contributed by atoms with Crippen molar-refractivity contribution in [3.8, 4) is 0 Å². The highest BCUT2D eigenvalue weighted by atomic mass is 15.1. The van der Waals surface area contributed by atoms with Crippen LogP contribution in [-0.2, 0) is 6.54 Å². The largest absolute Gasteiger partial charge is 0.335 e. The molecular formula is C8H14N2. The van der Waals surface area contributed by atoms with Crippen molar-refractivity contribution in [3.63, 3.8) is 0 Å². The van der Waals surface area contributed by atoms with Gasteiger partial charge < -0.3 is 4.57 Å². The Labute approximate surface area is 61.9 Å². The minimum Gasteiger partial charge on any atom is -0.335 e. The number of imidazole rings is 1. The highest BCUT2D eigenvalue weighted by Crippen LogP contribution is 2.01. The maximum absolute atomic E-state index is 4.29. The molecule has 0 atom stereocenters. The Hall–Kier alpha value is -0.790. The fraction of sp³-hybridized carbons (Fsp3) is 0.625. The third-order valence-electron chi connectivity index (χ3n) is 1.56. The molecule has 56 valence electrons. The minimum atomic E-state index is 1.09. The molecule has 0 unspecified atom stereocenters. The Kier molecular flexibility index (Phi) is 2.10. The molecule has 0 N–H and O–H groups in total. The lowest BCUT2D eigenvalue weighted by molar-refractivity contribution is 0.657. The summed E-state index contributed by atoms with van der Waals surface area (Å²) < 4.78 is 2.19. The number of hydrogen-bond acceptors (Lipinski definition) is 1. The first-order valence-electron chi connectivity index (χ1n) is 3.74. The topological polar surface area (TPSA) is 17.8 Å². The van der Waals surface area contributed by atoms with E-state index in [9.17, 15) is 0 Å². The summed E-state index contributed by atoms with van der Waals surface area (Å²) in [6.45, 7) is 7.34. The monoisotopic (exact) mass is 138 g/mol. The standard InChI is InChI=1S/C8H14N2/c1-4-5-10-6-7(2)9-8(10)3/h6H,4-5H2,1-3H3. The molecule has 2 nitrogen and oxygen atoms in total.